The van der Waals surface area contributed by atoms with Crippen LogP contribution in [0.1, 0.15) is 55.7 Å². The number of benzene rings is 2. The van der Waals surface area contributed by atoms with E-state index in [9.17, 15) is 10.5 Å². The van der Waals surface area contributed by atoms with Gasteiger partial charge in [0.25, 0.3) is 0 Å². The number of hydrogen-bond acceptors (Lipinski definition) is 6. The first kappa shape index (κ1) is 24.9. The van der Waals surface area contributed by atoms with Gasteiger partial charge in [-0.15, -0.1) is 0 Å². The number of nitrogens with zero attached hydrogens (tertiary/aromatic N) is 3. The zero-order valence-electron chi connectivity index (χ0n) is 20.0. The molecule has 170 valence electrons. The van der Waals surface area contributed by atoms with Crippen LogP contribution in [0.3, 0.4) is 0 Å². The zero-order valence-corrected chi connectivity index (χ0v) is 20.0. The first-order chi connectivity index (χ1) is 15.5. The molecule has 0 radical (unpaired) electrons. The lowest BCUT2D eigenvalue weighted by Crippen LogP contribution is -2.14. The largest absolute Gasteiger partial charge is 0.493 e. The van der Waals surface area contributed by atoms with Crippen LogP contribution in [0.25, 0.3) is 11.1 Å². The fourth-order valence-electron chi connectivity index (χ4n) is 4.06. The molecule has 0 heterocycles. The van der Waals surface area contributed by atoms with Crippen molar-refractivity contribution in [3.63, 3.8) is 0 Å². The number of hydrogen-bond donors (Lipinski definition) is 0. The molecule has 0 saturated carbocycles. The van der Waals surface area contributed by atoms with Crippen LogP contribution in [0.2, 0.25) is 0 Å². The fraction of sp³-hybridized carbons (Fsp3) is 0.462. The molecule has 0 aromatic heterocycles. The minimum atomic E-state index is 0.479. The van der Waals surface area contributed by atoms with Gasteiger partial charge in [-0.25, -0.2) is 0 Å². The van der Waals surface area contributed by atoms with E-state index in [2.05, 4.69) is 19.1 Å². The van der Waals surface area contributed by atoms with E-state index in [1.807, 2.05) is 37.2 Å². The Labute approximate surface area is 191 Å². The molecule has 0 amide bonds. The van der Waals surface area contributed by atoms with E-state index in [1.54, 1.807) is 21.3 Å². The van der Waals surface area contributed by atoms with Gasteiger partial charge in [-0.3, -0.25) is 0 Å². The van der Waals surface area contributed by atoms with E-state index >= 15 is 0 Å². The Morgan fingerprint density at radius 2 is 1.47 bits per heavy atom. The number of ether oxygens (including phenoxy) is 3. The molecule has 0 fully saturated rings. The maximum atomic E-state index is 10.2. The third-order valence-electron chi connectivity index (χ3n) is 5.56. The summed E-state index contributed by atoms with van der Waals surface area (Å²) in [6, 6.07) is 10.3. The highest BCUT2D eigenvalue weighted by molar-refractivity contribution is 5.86. The predicted molar refractivity (Wildman–Crippen MR) is 128 cm³/mol. The summed E-state index contributed by atoms with van der Waals surface area (Å²) in [6.45, 7) is 2.20. The van der Waals surface area contributed by atoms with E-state index in [4.69, 9.17) is 14.2 Å². The Morgan fingerprint density at radius 3 is 1.94 bits per heavy atom. The van der Waals surface area contributed by atoms with E-state index in [0.29, 0.717) is 34.1 Å². The van der Waals surface area contributed by atoms with Gasteiger partial charge < -0.3 is 19.1 Å². The summed E-state index contributed by atoms with van der Waals surface area (Å²) in [6.07, 6.45) is 6.47. The van der Waals surface area contributed by atoms with Gasteiger partial charge in [-0.2, -0.15) is 10.5 Å². The standard InChI is InChI=1S/C26H33N3O3/c1-7-8-9-10-11-12-18-13-20(16-27)25(29(2)3)21(17-28)24(18)19-14-22(30-4)26(32-6)23(15-19)31-5/h13-15H,7-12H2,1-6H3. The van der Waals surface area contributed by atoms with Gasteiger partial charge in [0.05, 0.1) is 38.1 Å². The van der Waals surface area contributed by atoms with Crippen molar-refractivity contribution in [2.75, 3.05) is 40.3 Å². The van der Waals surface area contributed by atoms with Crippen LogP contribution >= 0.6 is 0 Å². The van der Waals surface area contributed by atoms with Crippen LogP contribution in [-0.2, 0) is 6.42 Å². The molecule has 0 aliphatic rings. The van der Waals surface area contributed by atoms with Gasteiger partial charge in [0.15, 0.2) is 11.5 Å². The third-order valence-corrected chi connectivity index (χ3v) is 5.56. The molecule has 0 N–H and O–H groups in total. The normalized spacial score (nSPS) is 10.2. The van der Waals surface area contributed by atoms with Gasteiger partial charge in [0, 0.05) is 19.7 Å². The van der Waals surface area contributed by atoms with E-state index in [1.165, 1.54) is 19.3 Å². The van der Waals surface area contributed by atoms with Gasteiger partial charge in [-0.05, 0) is 42.2 Å². The first-order valence-electron chi connectivity index (χ1n) is 10.9. The van der Waals surface area contributed by atoms with Crippen molar-refractivity contribution in [1.82, 2.24) is 0 Å². The van der Waals surface area contributed by atoms with Crippen LogP contribution in [0.15, 0.2) is 18.2 Å². The Balaban J connectivity index is 2.77. The van der Waals surface area contributed by atoms with Gasteiger partial charge in [0.1, 0.15) is 12.1 Å². The lowest BCUT2D eigenvalue weighted by molar-refractivity contribution is 0.324. The smallest absolute Gasteiger partial charge is 0.203 e. The summed E-state index contributed by atoms with van der Waals surface area (Å²) >= 11 is 0. The lowest BCUT2D eigenvalue weighted by Gasteiger charge is -2.22. The van der Waals surface area contributed by atoms with Crippen molar-refractivity contribution in [1.29, 1.82) is 10.5 Å². The molecule has 0 aliphatic carbocycles. The van der Waals surface area contributed by atoms with Crippen LogP contribution < -0.4 is 19.1 Å². The van der Waals surface area contributed by atoms with Crippen LogP contribution in [0.5, 0.6) is 17.2 Å². The molecular formula is C26H33N3O3. The molecule has 0 unspecified atom stereocenters. The second-order valence-corrected chi connectivity index (χ2v) is 7.88. The monoisotopic (exact) mass is 435 g/mol. The summed E-state index contributed by atoms with van der Waals surface area (Å²) in [4.78, 5) is 1.82. The van der Waals surface area contributed by atoms with Crippen molar-refractivity contribution in [3.8, 4) is 40.5 Å². The molecule has 6 heteroatoms. The molecule has 6 nitrogen and oxygen atoms in total. The van der Waals surface area contributed by atoms with Crippen molar-refractivity contribution in [3.05, 3.63) is 34.9 Å². The summed E-state index contributed by atoms with van der Waals surface area (Å²) in [7, 11) is 8.41. The average molecular weight is 436 g/mol. The third kappa shape index (κ3) is 5.26. The topological polar surface area (TPSA) is 78.5 Å². The number of rotatable bonds is 11. The van der Waals surface area contributed by atoms with Crippen LogP contribution in [-0.4, -0.2) is 35.4 Å². The maximum absolute atomic E-state index is 10.2. The number of aryl methyl sites for hydroxylation is 1. The van der Waals surface area contributed by atoms with Crippen molar-refractivity contribution in [2.24, 2.45) is 0 Å². The second kappa shape index (κ2) is 11.9. The molecule has 0 bridgehead atoms. The quantitative estimate of drug-likeness (QED) is 0.421. The molecule has 0 atom stereocenters. The summed E-state index contributed by atoms with van der Waals surface area (Å²) in [5.74, 6) is 1.55. The minimum absolute atomic E-state index is 0.479. The molecule has 32 heavy (non-hydrogen) atoms. The highest BCUT2D eigenvalue weighted by Gasteiger charge is 2.23. The first-order valence-corrected chi connectivity index (χ1v) is 10.9. The zero-order chi connectivity index (χ0) is 23.7. The highest BCUT2D eigenvalue weighted by atomic mass is 16.5. The molecule has 0 spiro atoms. The SMILES string of the molecule is CCCCCCCc1cc(C#N)c(N(C)C)c(C#N)c1-c1cc(OC)c(OC)c(OC)c1. The van der Waals surface area contributed by atoms with Crippen molar-refractivity contribution < 1.29 is 14.2 Å². The number of unbranched alkanes of at least 4 members (excludes halogenated alkanes) is 4. The fourth-order valence-corrected chi connectivity index (χ4v) is 4.06. The molecule has 0 aliphatic heterocycles. The second-order valence-electron chi connectivity index (χ2n) is 7.88. The number of anilines is 1. The molecule has 0 saturated heterocycles. The Kier molecular flexibility index (Phi) is 9.22. The highest BCUT2D eigenvalue weighted by Crippen LogP contribution is 2.44. The van der Waals surface area contributed by atoms with Gasteiger partial charge in [0.2, 0.25) is 5.75 Å². The summed E-state index contributed by atoms with van der Waals surface area (Å²) < 4.78 is 16.6. The Morgan fingerprint density at radius 1 is 0.844 bits per heavy atom. The number of nitriles is 2. The predicted octanol–water partition coefficient (Wildman–Crippen LogP) is 5.70. The van der Waals surface area contributed by atoms with E-state index in [0.717, 1.165) is 36.0 Å². The van der Waals surface area contributed by atoms with Gasteiger partial charge >= 0.3 is 0 Å². The summed E-state index contributed by atoms with van der Waals surface area (Å²) in [5, 5.41) is 20.0. The maximum Gasteiger partial charge on any atom is 0.203 e. The van der Waals surface area contributed by atoms with E-state index in [-0.39, 0.29) is 0 Å². The van der Waals surface area contributed by atoms with Crippen molar-refractivity contribution >= 4 is 5.69 Å². The number of methoxy groups -OCH3 is 3. The van der Waals surface area contributed by atoms with Crippen molar-refractivity contribution in [2.45, 2.75) is 45.4 Å². The van der Waals surface area contributed by atoms with E-state index < -0.39 is 0 Å². The molecule has 2 aromatic rings. The minimum Gasteiger partial charge on any atom is -0.493 e. The Hall–Kier alpha value is -3.38. The molecular weight excluding hydrogens is 402 g/mol. The Bertz CT molecular complexity index is 991. The molecule has 2 rings (SSSR count). The van der Waals surface area contributed by atoms with Crippen LogP contribution in [0, 0.1) is 22.7 Å². The summed E-state index contributed by atoms with van der Waals surface area (Å²) in [5.41, 5.74) is 4.19. The molecule has 2 aromatic carbocycles. The lowest BCUT2D eigenvalue weighted by atomic mass is 9.88. The van der Waals surface area contributed by atoms with Gasteiger partial charge in [-0.1, -0.05) is 32.6 Å². The average Bonchev–Trinajstić information content (AvgIpc) is 2.81. The van der Waals surface area contributed by atoms with Crippen LogP contribution in [0.4, 0.5) is 5.69 Å².